The first-order valence-corrected chi connectivity index (χ1v) is 12.4. The molecule has 7 unspecified atom stereocenters. The molecule has 3 saturated carbocycles. The quantitative estimate of drug-likeness (QED) is 0.284. The van der Waals surface area contributed by atoms with Crippen molar-refractivity contribution < 1.29 is 0 Å². The zero-order valence-corrected chi connectivity index (χ0v) is 17.9. The van der Waals surface area contributed by atoms with Crippen LogP contribution in [0.4, 0.5) is 0 Å². The molecule has 0 spiro atoms. The molecule has 0 bridgehead atoms. The molecule has 5 aliphatic rings. The van der Waals surface area contributed by atoms with Crippen LogP contribution in [-0.2, 0) is 0 Å². The van der Waals surface area contributed by atoms with Gasteiger partial charge in [-0.15, -0.1) is 0 Å². The second-order valence-corrected chi connectivity index (χ2v) is 11.4. The lowest BCUT2D eigenvalue weighted by molar-refractivity contribution is 0.111. The van der Waals surface area contributed by atoms with E-state index in [1.165, 1.54) is 64.2 Å². The molecule has 3 fully saturated rings. The van der Waals surface area contributed by atoms with Crippen molar-refractivity contribution in [2.75, 3.05) is 0 Å². The second-order valence-electron chi connectivity index (χ2n) is 10.0. The van der Waals surface area contributed by atoms with Crippen molar-refractivity contribution in [2.45, 2.75) is 83.5 Å². The van der Waals surface area contributed by atoms with Crippen molar-refractivity contribution in [3.8, 4) is 0 Å². The molecule has 1 heteroatoms. The molecule has 25 heavy (non-hydrogen) atoms. The first kappa shape index (κ1) is 17.3. The van der Waals surface area contributed by atoms with Gasteiger partial charge in [-0.1, -0.05) is 30.6 Å². The molecule has 0 aromatic heterocycles. The van der Waals surface area contributed by atoms with Gasteiger partial charge in [-0.3, -0.25) is 0 Å². The minimum Gasteiger partial charge on any atom is -0.0845 e. The second kappa shape index (κ2) is 7.32. The van der Waals surface area contributed by atoms with Gasteiger partial charge in [0.1, 0.15) is 0 Å². The highest BCUT2D eigenvalue weighted by molar-refractivity contribution is 14.1. The Hall–Kier alpha value is 0.210. The molecule has 138 valence electrons. The van der Waals surface area contributed by atoms with Gasteiger partial charge in [0.2, 0.25) is 0 Å². The van der Waals surface area contributed by atoms with Crippen LogP contribution in [0.3, 0.4) is 0 Å². The Morgan fingerprint density at radius 2 is 1.64 bits per heavy atom. The van der Waals surface area contributed by atoms with Gasteiger partial charge in [0.15, 0.2) is 0 Å². The highest BCUT2D eigenvalue weighted by atomic mass is 127. The van der Waals surface area contributed by atoms with E-state index in [2.05, 4.69) is 34.7 Å². The molecule has 5 rings (SSSR count). The normalized spacial score (nSPS) is 47.0. The van der Waals surface area contributed by atoms with Crippen LogP contribution in [0.5, 0.6) is 0 Å². The van der Waals surface area contributed by atoms with Gasteiger partial charge in [0, 0.05) is 0 Å². The van der Waals surface area contributed by atoms with Crippen LogP contribution in [0, 0.1) is 41.4 Å². The van der Waals surface area contributed by atoms with Gasteiger partial charge in [0.05, 0.1) is 0 Å². The van der Waals surface area contributed by atoms with Gasteiger partial charge in [0.25, 0.3) is 0 Å². The Kier molecular flexibility index (Phi) is 5.07. The fourth-order valence-electron chi connectivity index (χ4n) is 7.52. The summed E-state index contributed by atoms with van der Waals surface area (Å²) in [4.78, 5) is 0. The Morgan fingerprint density at radius 3 is 2.60 bits per heavy atom. The van der Waals surface area contributed by atoms with E-state index < -0.39 is 0 Å². The maximum Gasteiger partial charge on any atom is -0.0131 e. The number of hydrogen-bond acceptors (Lipinski definition) is 0. The Morgan fingerprint density at radius 1 is 0.760 bits per heavy atom. The highest BCUT2D eigenvalue weighted by Crippen LogP contribution is 2.53. The van der Waals surface area contributed by atoms with Crippen molar-refractivity contribution in [1.82, 2.24) is 0 Å². The first-order valence-electron chi connectivity index (χ1n) is 11.3. The van der Waals surface area contributed by atoms with Crippen molar-refractivity contribution in [3.63, 3.8) is 0 Å². The lowest BCUT2D eigenvalue weighted by atomic mass is 9.58. The maximum atomic E-state index is 2.79. The molecule has 0 aliphatic heterocycles. The van der Waals surface area contributed by atoms with Gasteiger partial charge in [-0.25, -0.2) is 0 Å². The van der Waals surface area contributed by atoms with E-state index in [0.29, 0.717) is 0 Å². The standard InChI is InChI=1S/C24H35I/c25-22-11-9-18-13-17(6-7-20(18)15-22)19-10-12-24-21(14-19)8-5-16-3-1-2-4-23(16)24/h12,15-21,23H,1-11,13-14H2. The third kappa shape index (κ3) is 3.41. The summed E-state index contributed by atoms with van der Waals surface area (Å²) in [7, 11) is 0. The molecule has 0 aromatic carbocycles. The first-order chi connectivity index (χ1) is 12.3. The Labute approximate surface area is 168 Å². The van der Waals surface area contributed by atoms with Gasteiger partial charge in [-0.05, 0) is 138 Å². The lowest BCUT2D eigenvalue weighted by Crippen LogP contribution is -2.36. The number of fused-ring (bicyclic) bond motifs is 4. The molecule has 5 aliphatic carbocycles. The largest absolute Gasteiger partial charge is 0.0845 e. The molecule has 0 heterocycles. The smallest absolute Gasteiger partial charge is 0.0131 e. The van der Waals surface area contributed by atoms with Crippen LogP contribution < -0.4 is 0 Å². The summed E-state index contributed by atoms with van der Waals surface area (Å²) < 4.78 is 1.65. The van der Waals surface area contributed by atoms with Crippen molar-refractivity contribution >= 4 is 22.6 Å². The summed E-state index contributed by atoms with van der Waals surface area (Å²) in [6.45, 7) is 0. The van der Waals surface area contributed by atoms with Gasteiger partial charge in [-0.2, -0.15) is 0 Å². The number of allylic oxidation sites excluding steroid dienone is 4. The fraction of sp³-hybridized carbons (Fsp3) is 0.833. The van der Waals surface area contributed by atoms with Crippen molar-refractivity contribution in [2.24, 2.45) is 41.4 Å². The average Bonchev–Trinajstić information content (AvgIpc) is 2.67. The average molecular weight is 450 g/mol. The predicted molar refractivity (Wildman–Crippen MR) is 115 cm³/mol. The summed E-state index contributed by atoms with van der Waals surface area (Å²) in [6, 6.07) is 0. The molecule has 0 radical (unpaired) electrons. The summed E-state index contributed by atoms with van der Waals surface area (Å²) >= 11 is 2.58. The summed E-state index contributed by atoms with van der Waals surface area (Å²) in [5.74, 6) is 7.10. The van der Waals surface area contributed by atoms with Crippen molar-refractivity contribution in [3.05, 3.63) is 21.3 Å². The van der Waals surface area contributed by atoms with Gasteiger partial charge >= 0.3 is 0 Å². The van der Waals surface area contributed by atoms with Crippen LogP contribution in [0.25, 0.3) is 0 Å². The molecule has 0 N–H and O–H groups in total. The van der Waals surface area contributed by atoms with Crippen LogP contribution in [0.2, 0.25) is 0 Å². The van der Waals surface area contributed by atoms with E-state index in [-0.39, 0.29) is 0 Å². The van der Waals surface area contributed by atoms with Crippen LogP contribution >= 0.6 is 22.6 Å². The van der Waals surface area contributed by atoms with Crippen LogP contribution in [0.15, 0.2) is 21.3 Å². The molecule has 0 nitrogen and oxygen atoms in total. The van der Waals surface area contributed by atoms with Crippen LogP contribution in [0.1, 0.15) is 83.5 Å². The maximum absolute atomic E-state index is 2.79. The predicted octanol–water partition coefficient (Wildman–Crippen LogP) is 7.68. The van der Waals surface area contributed by atoms with Gasteiger partial charge < -0.3 is 0 Å². The SMILES string of the molecule is IC1=CC2CCC(C3CC=C4C(CCC5CCCCC45)C3)CC2CC1. The number of rotatable bonds is 1. The van der Waals surface area contributed by atoms with Crippen LogP contribution in [-0.4, -0.2) is 0 Å². The van der Waals surface area contributed by atoms with E-state index in [9.17, 15) is 0 Å². The zero-order valence-electron chi connectivity index (χ0n) is 15.8. The zero-order chi connectivity index (χ0) is 16.8. The fourth-order valence-corrected chi connectivity index (χ4v) is 8.30. The van der Waals surface area contributed by atoms with E-state index in [1.807, 2.05) is 5.57 Å². The molecule has 0 saturated heterocycles. The van der Waals surface area contributed by atoms with E-state index >= 15 is 0 Å². The summed E-state index contributed by atoms with van der Waals surface area (Å²) in [5.41, 5.74) is 1.95. The molecular weight excluding hydrogens is 415 g/mol. The van der Waals surface area contributed by atoms with E-state index in [1.54, 1.807) is 22.8 Å². The molecule has 7 atom stereocenters. The summed E-state index contributed by atoms with van der Waals surface area (Å²) in [6.07, 6.45) is 25.0. The lowest BCUT2D eigenvalue weighted by Gasteiger charge is -2.47. The molecule has 0 aromatic rings. The number of halogens is 1. The minimum absolute atomic E-state index is 0.935. The topological polar surface area (TPSA) is 0 Å². The van der Waals surface area contributed by atoms with E-state index in [4.69, 9.17) is 0 Å². The highest BCUT2D eigenvalue weighted by Gasteiger charge is 2.41. The third-order valence-electron chi connectivity index (χ3n) is 8.84. The summed E-state index contributed by atoms with van der Waals surface area (Å²) in [5, 5.41) is 0. The minimum atomic E-state index is 0.935. The Bertz CT molecular complexity index is 558. The third-order valence-corrected chi connectivity index (χ3v) is 9.73. The Balaban J connectivity index is 1.26. The molecular formula is C24H35I. The van der Waals surface area contributed by atoms with E-state index in [0.717, 1.165) is 41.4 Å². The van der Waals surface area contributed by atoms with Crippen molar-refractivity contribution in [1.29, 1.82) is 0 Å². The number of hydrogen-bond donors (Lipinski definition) is 0. The monoisotopic (exact) mass is 450 g/mol. The molecule has 0 amide bonds.